The summed E-state index contributed by atoms with van der Waals surface area (Å²) in [6.07, 6.45) is 3.53. The maximum Gasteiger partial charge on any atom is 0.488 e. The molecule has 0 saturated heterocycles. The van der Waals surface area contributed by atoms with Gasteiger partial charge < -0.3 is 19.5 Å². The van der Waals surface area contributed by atoms with Gasteiger partial charge in [-0.3, -0.25) is 4.79 Å². The van der Waals surface area contributed by atoms with E-state index in [4.69, 9.17) is 15.9 Å². The number of ether oxygens (including phenoxy) is 2. The van der Waals surface area contributed by atoms with Crippen molar-refractivity contribution in [3.05, 3.63) is 33.7 Å². The van der Waals surface area contributed by atoms with Gasteiger partial charge in [-0.05, 0) is 53.1 Å². The molecule has 3 N–H and O–H groups in total. The topological polar surface area (TPSA) is 142 Å². The van der Waals surface area contributed by atoms with Gasteiger partial charge in [0.25, 0.3) is 5.56 Å². The molecule has 32 heavy (non-hydrogen) atoms. The highest BCUT2D eigenvalue weighted by Gasteiger charge is 2.32. The molecule has 0 fully saturated rings. The number of nitrogens with one attached hydrogen (secondary N) is 1. The monoisotopic (exact) mass is 443 g/mol. The molecule has 0 unspecified atom stereocenters. The fourth-order valence-electron chi connectivity index (χ4n) is 2.74. The van der Waals surface area contributed by atoms with Gasteiger partial charge in [0.1, 0.15) is 11.2 Å². The van der Waals surface area contributed by atoms with Gasteiger partial charge in [0.15, 0.2) is 0 Å². The SMILES string of the molecule is C#Cc1cc(B(O)O)cc2c(CN(C(=O)OC(C)(C)C)C(=O)OC(C)(C)C)n[nH]c(=O)c12. The normalized spacial score (nSPS) is 11.6. The zero-order valence-electron chi connectivity index (χ0n) is 18.8. The lowest BCUT2D eigenvalue weighted by Crippen LogP contribution is -2.43. The summed E-state index contributed by atoms with van der Waals surface area (Å²) in [5.41, 5.74) is -2.24. The van der Waals surface area contributed by atoms with E-state index in [1.54, 1.807) is 41.5 Å². The van der Waals surface area contributed by atoms with Crippen LogP contribution in [0.3, 0.4) is 0 Å². The molecule has 2 amide bonds. The molecule has 1 aromatic carbocycles. The number of H-pyrrole nitrogens is 1. The van der Waals surface area contributed by atoms with Crippen molar-refractivity contribution in [2.45, 2.75) is 59.3 Å². The second kappa shape index (κ2) is 9.02. The molecular formula is C21H26BN3O7. The van der Waals surface area contributed by atoms with E-state index < -0.39 is 42.6 Å². The number of carbonyl (C=O) groups is 2. The van der Waals surface area contributed by atoms with E-state index in [2.05, 4.69) is 16.1 Å². The molecule has 0 saturated carbocycles. The van der Waals surface area contributed by atoms with Crippen molar-refractivity contribution in [3.8, 4) is 12.3 Å². The molecule has 1 aromatic heterocycles. The predicted molar refractivity (Wildman–Crippen MR) is 118 cm³/mol. The van der Waals surface area contributed by atoms with E-state index >= 15 is 0 Å². The van der Waals surface area contributed by atoms with Gasteiger partial charge in [-0.25, -0.2) is 19.6 Å². The van der Waals surface area contributed by atoms with Gasteiger partial charge >= 0.3 is 19.3 Å². The van der Waals surface area contributed by atoms with Crippen molar-refractivity contribution in [1.29, 1.82) is 0 Å². The maximum atomic E-state index is 12.8. The Hall–Kier alpha value is -3.36. The fraction of sp³-hybridized carbons (Fsp3) is 0.429. The van der Waals surface area contributed by atoms with Crippen LogP contribution in [0.1, 0.15) is 52.8 Å². The molecule has 0 atom stereocenters. The summed E-state index contributed by atoms with van der Waals surface area (Å²) >= 11 is 0. The molecule has 170 valence electrons. The van der Waals surface area contributed by atoms with Crippen LogP contribution in [0.25, 0.3) is 10.8 Å². The van der Waals surface area contributed by atoms with Gasteiger partial charge in [-0.1, -0.05) is 12.0 Å². The number of benzene rings is 1. The Labute approximate surface area is 185 Å². The Kier molecular flexibility index (Phi) is 7.02. The lowest BCUT2D eigenvalue weighted by atomic mass is 9.78. The first-order chi connectivity index (χ1) is 14.6. The number of aromatic nitrogens is 2. The van der Waals surface area contributed by atoms with Crippen LogP contribution < -0.4 is 11.0 Å². The third kappa shape index (κ3) is 6.09. The zero-order valence-corrected chi connectivity index (χ0v) is 18.8. The number of nitrogens with zero attached hydrogens (tertiary/aromatic N) is 2. The Morgan fingerprint density at radius 2 is 1.66 bits per heavy atom. The Morgan fingerprint density at radius 3 is 2.09 bits per heavy atom. The number of hydrogen-bond donors (Lipinski definition) is 3. The van der Waals surface area contributed by atoms with E-state index in [0.29, 0.717) is 4.90 Å². The third-order valence-electron chi connectivity index (χ3n) is 3.98. The molecule has 0 aliphatic carbocycles. The molecule has 11 heteroatoms. The molecule has 0 aliphatic heterocycles. The number of hydrogen-bond acceptors (Lipinski definition) is 8. The fourth-order valence-corrected chi connectivity index (χ4v) is 2.74. The highest BCUT2D eigenvalue weighted by molar-refractivity contribution is 6.59. The minimum atomic E-state index is -1.87. The smallest absolute Gasteiger partial charge is 0.443 e. The van der Waals surface area contributed by atoms with Crippen molar-refractivity contribution in [1.82, 2.24) is 15.1 Å². The van der Waals surface area contributed by atoms with E-state index in [1.807, 2.05) is 0 Å². The van der Waals surface area contributed by atoms with E-state index in [0.717, 1.165) is 0 Å². The van der Waals surface area contributed by atoms with Gasteiger partial charge in [-0.2, -0.15) is 5.10 Å². The quantitative estimate of drug-likeness (QED) is 0.476. The molecule has 2 aromatic rings. The highest BCUT2D eigenvalue weighted by Crippen LogP contribution is 2.21. The first-order valence-corrected chi connectivity index (χ1v) is 9.74. The van der Waals surface area contributed by atoms with E-state index in [-0.39, 0.29) is 27.5 Å². The minimum absolute atomic E-state index is 0.0141. The molecular weight excluding hydrogens is 417 g/mol. The van der Waals surface area contributed by atoms with Gasteiger partial charge in [0.05, 0.1) is 17.6 Å². The average molecular weight is 443 g/mol. The van der Waals surface area contributed by atoms with Crippen LogP contribution >= 0.6 is 0 Å². The van der Waals surface area contributed by atoms with Crippen LogP contribution in [0, 0.1) is 12.3 Å². The molecule has 0 bridgehead atoms. The van der Waals surface area contributed by atoms with Gasteiger partial charge in [0.2, 0.25) is 0 Å². The van der Waals surface area contributed by atoms with Gasteiger partial charge in [-0.15, -0.1) is 6.42 Å². The summed E-state index contributed by atoms with van der Waals surface area (Å²) in [4.78, 5) is 38.7. The number of fused-ring (bicyclic) bond motifs is 1. The van der Waals surface area contributed by atoms with Gasteiger partial charge in [0, 0.05) is 10.9 Å². The molecule has 1 heterocycles. The minimum Gasteiger partial charge on any atom is -0.443 e. The first-order valence-electron chi connectivity index (χ1n) is 9.74. The molecule has 0 radical (unpaired) electrons. The van der Waals surface area contributed by atoms with Crippen molar-refractivity contribution in [2.75, 3.05) is 0 Å². The number of imide groups is 1. The van der Waals surface area contributed by atoms with Crippen LogP contribution in [0.5, 0.6) is 0 Å². The standard InChI is InChI=1S/C21H26BN3O7/c1-8-12-9-13(22(29)30)10-14-15(23-24-17(26)16(12)14)11-25(18(27)31-20(2,3)4)19(28)32-21(5,6)7/h1,9-10,29-30H,11H2,2-7H3,(H,24,26). The first kappa shape index (κ1) is 24.9. The third-order valence-corrected chi connectivity index (χ3v) is 3.98. The number of aromatic amines is 1. The van der Waals surface area contributed by atoms with Crippen LogP contribution in [0.4, 0.5) is 9.59 Å². The van der Waals surface area contributed by atoms with Crippen LogP contribution in [-0.4, -0.2) is 55.7 Å². The largest absolute Gasteiger partial charge is 0.488 e. The predicted octanol–water partition coefficient (Wildman–Crippen LogP) is 1.26. The summed E-state index contributed by atoms with van der Waals surface area (Å²) in [5, 5.41) is 25.6. The highest BCUT2D eigenvalue weighted by atomic mass is 16.6. The van der Waals surface area contributed by atoms with Crippen LogP contribution in [0.15, 0.2) is 16.9 Å². The van der Waals surface area contributed by atoms with Crippen molar-refractivity contribution >= 4 is 35.5 Å². The second-order valence-corrected chi connectivity index (χ2v) is 9.06. The molecule has 0 spiro atoms. The maximum absolute atomic E-state index is 12.8. The van der Waals surface area contributed by atoms with Crippen LogP contribution in [-0.2, 0) is 16.0 Å². The Bertz CT molecular complexity index is 1110. The number of rotatable bonds is 3. The van der Waals surface area contributed by atoms with E-state index in [9.17, 15) is 24.4 Å². The lowest BCUT2D eigenvalue weighted by molar-refractivity contribution is -0.000432. The van der Waals surface area contributed by atoms with Crippen molar-refractivity contribution in [2.24, 2.45) is 0 Å². The summed E-state index contributed by atoms with van der Waals surface area (Å²) in [7, 11) is -1.87. The lowest BCUT2D eigenvalue weighted by Gasteiger charge is -2.28. The van der Waals surface area contributed by atoms with E-state index in [1.165, 1.54) is 12.1 Å². The molecule has 10 nitrogen and oxygen atoms in total. The molecule has 0 aliphatic rings. The summed E-state index contributed by atoms with van der Waals surface area (Å²) in [5.74, 6) is 2.33. The number of amides is 2. The number of carbonyl (C=O) groups excluding carboxylic acids is 2. The second-order valence-electron chi connectivity index (χ2n) is 9.06. The molecule has 2 rings (SSSR count). The average Bonchev–Trinajstić information content (AvgIpc) is 2.63. The van der Waals surface area contributed by atoms with Crippen molar-refractivity contribution in [3.63, 3.8) is 0 Å². The zero-order chi connectivity index (χ0) is 24.4. The van der Waals surface area contributed by atoms with Crippen molar-refractivity contribution < 1.29 is 29.1 Å². The Morgan fingerprint density at radius 1 is 1.12 bits per heavy atom. The summed E-state index contributed by atoms with van der Waals surface area (Å²) in [6.45, 7) is 9.39. The van der Waals surface area contributed by atoms with Crippen LogP contribution in [0.2, 0.25) is 0 Å². The Balaban J connectivity index is 2.65. The summed E-state index contributed by atoms with van der Waals surface area (Å²) < 4.78 is 10.6. The summed E-state index contributed by atoms with van der Waals surface area (Å²) in [6, 6.07) is 2.59. The number of terminal acetylenes is 1.